The number of nitrogens with one attached hydrogen (secondary N) is 2. The number of nitrogen functional groups attached to an aromatic ring is 2. The topological polar surface area (TPSA) is 199 Å². The van der Waals surface area contributed by atoms with Crippen molar-refractivity contribution < 1.29 is 40.5 Å². The molecule has 0 amide bonds. The van der Waals surface area contributed by atoms with Gasteiger partial charge in [0.1, 0.15) is 50.1 Å². The second kappa shape index (κ2) is 18.3. The van der Waals surface area contributed by atoms with Crippen LogP contribution in [0.3, 0.4) is 0 Å². The number of aryl methyl sites for hydroxylation is 2. The van der Waals surface area contributed by atoms with E-state index in [1.807, 2.05) is 14.1 Å². The fourth-order valence-corrected chi connectivity index (χ4v) is 2.32. The minimum atomic E-state index is -1.61. The predicted octanol–water partition coefficient (Wildman–Crippen LogP) is -0.858. The molecule has 2 aromatic rings. The first-order valence-corrected chi connectivity index (χ1v) is 13.3. The monoisotopic (exact) mass is 548 g/mol. The summed E-state index contributed by atoms with van der Waals surface area (Å²) in [5, 5.41) is 14.8. The van der Waals surface area contributed by atoms with Gasteiger partial charge in [-0.05, 0) is 12.1 Å². The zero-order valence-corrected chi connectivity index (χ0v) is 22.7. The molecule has 2 unspecified atom stereocenters. The molecule has 2 heterocycles. The Morgan fingerprint density at radius 2 is 1.19 bits per heavy atom. The lowest BCUT2D eigenvalue weighted by molar-refractivity contribution is -0.677. The normalized spacial score (nSPS) is 11.6. The molecule has 0 fully saturated rings. The summed E-state index contributed by atoms with van der Waals surface area (Å²) in [7, 11) is 5.05. The van der Waals surface area contributed by atoms with Crippen LogP contribution in [0.4, 0.5) is 0 Å². The predicted molar refractivity (Wildman–Crippen MR) is 137 cm³/mol. The molecule has 0 radical (unpaired) electrons. The standard InChI is InChI=1S/C18H26N6O3.C2H6O2S.CH4O2S/c1-23-11-13(17(19)20)3-5-15(23)26-9-7-25-8-10-27-16-6-4-14(18(21)22)12-24(16)2;1-4-5(2)3;1-4(2)3/h3-6,11-12H,7-10H2,1-2H3,(H3,19,20)(H3,21,22);1-2H3;1H3,(H,2,3)/q+2;;. The van der Waals surface area contributed by atoms with Crippen LogP contribution in [0.5, 0.6) is 11.8 Å². The summed E-state index contributed by atoms with van der Waals surface area (Å²) >= 11 is -2.68. The van der Waals surface area contributed by atoms with Gasteiger partial charge in [-0.3, -0.25) is 15.0 Å². The van der Waals surface area contributed by atoms with Gasteiger partial charge in [-0.25, -0.2) is 8.42 Å². The highest BCUT2D eigenvalue weighted by Gasteiger charge is 2.11. The summed E-state index contributed by atoms with van der Waals surface area (Å²) in [5.41, 5.74) is 12.2. The molecule has 0 aliphatic heterocycles. The second-order valence-electron chi connectivity index (χ2n) is 6.86. The van der Waals surface area contributed by atoms with Crippen molar-refractivity contribution in [2.45, 2.75) is 0 Å². The van der Waals surface area contributed by atoms with Crippen molar-refractivity contribution in [3.63, 3.8) is 0 Å². The van der Waals surface area contributed by atoms with Crippen LogP contribution >= 0.6 is 0 Å². The maximum absolute atomic E-state index is 9.70. The van der Waals surface area contributed by atoms with Crippen molar-refractivity contribution >= 4 is 33.8 Å². The molecule has 2 atom stereocenters. The van der Waals surface area contributed by atoms with Gasteiger partial charge >= 0.3 is 11.8 Å². The maximum atomic E-state index is 9.70. The Kier molecular flexibility index (Phi) is 16.8. The average molecular weight is 549 g/mol. The Morgan fingerprint density at radius 1 is 0.861 bits per heavy atom. The number of rotatable bonds is 11. The van der Waals surface area contributed by atoms with Crippen LogP contribution in [0.15, 0.2) is 36.7 Å². The highest BCUT2D eigenvalue weighted by Crippen LogP contribution is 2.06. The van der Waals surface area contributed by atoms with Gasteiger partial charge in [-0.2, -0.15) is 9.13 Å². The number of hydrogen-bond acceptors (Lipinski definition) is 8. The van der Waals surface area contributed by atoms with E-state index >= 15 is 0 Å². The third-order valence-corrected chi connectivity index (χ3v) is 4.45. The highest BCUT2D eigenvalue weighted by molar-refractivity contribution is 7.79. The number of nitrogens with zero attached hydrogens (tertiary/aromatic N) is 2. The molecule has 15 heteroatoms. The number of hydrogen-bond donors (Lipinski definition) is 5. The van der Waals surface area contributed by atoms with Crippen LogP contribution in [0, 0.1) is 10.8 Å². The Balaban J connectivity index is 0.00000117. The van der Waals surface area contributed by atoms with E-state index in [2.05, 4.69) is 4.18 Å². The molecule has 0 aromatic carbocycles. The molecule has 0 aliphatic carbocycles. The van der Waals surface area contributed by atoms with E-state index in [1.165, 1.54) is 19.6 Å². The van der Waals surface area contributed by atoms with Crippen molar-refractivity contribution in [1.82, 2.24) is 0 Å². The molecule has 0 aliphatic rings. The summed E-state index contributed by atoms with van der Waals surface area (Å²) in [6.45, 7) is 1.64. The first kappa shape index (κ1) is 33.0. The molecule has 36 heavy (non-hydrogen) atoms. The molecule has 7 N–H and O–H groups in total. The number of pyridine rings is 2. The molecule has 13 nitrogen and oxygen atoms in total. The fraction of sp³-hybridized carbons (Fsp3) is 0.429. The number of aromatic nitrogens is 2. The largest absolute Gasteiger partial charge is 0.442 e. The summed E-state index contributed by atoms with van der Waals surface area (Å²) in [5.74, 6) is 1.37. The smallest absolute Gasteiger partial charge is 0.367 e. The molecule has 0 spiro atoms. The van der Waals surface area contributed by atoms with E-state index < -0.39 is 22.2 Å². The lowest BCUT2D eigenvalue weighted by Gasteiger charge is -2.07. The van der Waals surface area contributed by atoms with Gasteiger partial charge in [-0.15, -0.1) is 0 Å². The van der Waals surface area contributed by atoms with Crippen LogP contribution < -0.4 is 30.1 Å². The lowest BCUT2D eigenvalue weighted by atomic mass is 10.2. The van der Waals surface area contributed by atoms with E-state index in [4.69, 9.17) is 45.3 Å². The molecule has 202 valence electrons. The van der Waals surface area contributed by atoms with Gasteiger partial charge in [0.2, 0.25) is 0 Å². The third-order valence-electron chi connectivity index (χ3n) is 3.98. The highest BCUT2D eigenvalue weighted by atomic mass is 32.2. The zero-order valence-electron chi connectivity index (χ0n) is 21.1. The fourth-order valence-electron chi connectivity index (χ4n) is 2.32. The molecular formula is C21H36N6O7S2+2. The summed E-state index contributed by atoms with van der Waals surface area (Å²) in [6, 6.07) is 7.02. The van der Waals surface area contributed by atoms with Gasteiger partial charge in [0.25, 0.3) is 0 Å². The third kappa shape index (κ3) is 15.1. The maximum Gasteiger partial charge on any atom is 0.367 e. The Hall–Kier alpha value is -2.98. The minimum Gasteiger partial charge on any atom is -0.442 e. The lowest BCUT2D eigenvalue weighted by Crippen LogP contribution is -2.33. The zero-order chi connectivity index (χ0) is 27.7. The first-order chi connectivity index (χ1) is 16.9. The van der Waals surface area contributed by atoms with Gasteiger partial charge in [0, 0.05) is 12.5 Å². The Morgan fingerprint density at radius 3 is 1.44 bits per heavy atom. The van der Waals surface area contributed by atoms with Crippen LogP contribution in [0.2, 0.25) is 0 Å². The Bertz CT molecular complexity index is 968. The number of ether oxygens (including phenoxy) is 3. The quantitative estimate of drug-likeness (QED) is 0.0779. The summed E-state index contributed by atoms with van der Waals surface area (Å²) in [6.07, 6.45) is 6.15. The van der Waals surface area contributed by atoms with Crippen molar-refractivity contribution in [2.24, 2.45) is 25.6 Å². The molecular weight excluding hydrogens is 512 g/mol. The molecule has 2 aromatic heterocycles. The van der Waals surface area contributed by atoms with Gasteiger partial charge in [0.15, 0.2) is 23.5 Å². The van der Waals surface area contributed by atoms with Crippen molar-refractivity contribution in [1.29, 1.82) is 10.8 Å². The summed E-state index contributed by atoms with van der Waals surface area (Å²) in [4.78, 5) is 0. The van der Waals surface area contributed by atoms with Crippen LogP contribution in [-0.2, 0) is 45.2 Å². The number of nitrogens with two attached hydrogens (primary N) is 2. The van der Waals surface area contributed by atoms with E-state index in [0.29, 0.717) is 49.3 Å². The van der Waals surface area contributed by atoms with Gasteiger partial charge in [0.05, 0.1) is 43.6 Å². The van der Waals surface area contributed by atoms with E-state index in [0.717, 1.165) is 0 Å². The minimum absolute atomic E-state index is 0.0183. The van der Waals surface area contributed by atoms with E-state index in [9.17, 15) is 4.21 Å². The van der Waals surface area contributed by atoms with E-state index in [-0.39, 0.29) is 11.7 Å². The van der Waals surface area contributed by atoms with Crippen LogP contribution in [-0.4, -0.2) is 70.7 Å². The molecule has 2 rings (SSSR count). The van der Waals surface area contributed by atoms with Gasteiger partial charge < -0.3 is 30.2 Å². The average Bonchev–Trinajstić information content (AvgIpc) is 2.79. The molecule has 0 saturated heterocycles. The van der Waals surface area contributed by atoms with Gasteiger partial charge in [-0.1, -0.05) is 0 Å². The van der Waals surface area contributed by atoms with Crippen LogP contribution in [0.25, 0.3) is 0 Å². The van der Waals surface area contributed by atoms with Crippen molar-refractivity contribution in [3.05, 3.63) is 47.8 Å². The SMILES string of the molecule is COS(C)=O.CS(=O)O.C[n+]1cc(C(=N)N)ccc1OCCOCCOc1ccc(C(=N)N)c[n+]1C. The number of amidine groups is 2. The second-order valence-corrected chi connectivity index (χ2v) is 8.85. The Labute approximate surface area is 216 Å². The van der Waals surface area contributed by atoms with E-state index in [1.54, 1.807) is 45.8 Å². The molecule has 0 saturated carbocycles. The van der Waals surface area contributed by atoms with Crippen molar-refractivity contribution in [2.75, 3.05) is 46.0 Å². The van der Waals surface area contributed by atoms with Crippen molar-refractivity contribution in [3.8, 4) is 11.8 Å². The molecule has 0 bridgehead atoms. The first-order valence-electron chi connectivity index (χ1n) is 10.3. The van der Waals surface area contributed by atoms with Crippen LogP contribution in [0.1, 0.15) is 11.1 Å². The summed E-state index contributed by atoms with van der Waals surface area (Å²) < 4.78 is 50.9.